The lowest BCUT2D eigenvalue weighted by molar-refractivity contribution is 0.105. The van der Waals surface area contributed by atoms with E-state index in [1.54, 1.807) is 16.8 Å². The number of rotatable bonds is 13. The van der Waals surface area contributed by atoms with Crippen molar-refractivity contribution in [1.82, 2.24) is 30.7 Å². The number of hydrogen-bond donors (Lipinski definition) is 3. The number of hydrogen-bond acceptors (Lipinski definition) is 7. The fourth-order valence-corrected chi connectivity index (χ4v) is 3.96. The van der Waals surface area contributed by atoms with Crippen LogP contribution in [0.1, 0.15) is 52.4 Å². The molecule has 1 aliphatic carbocycles. The number of ether oxygens (including phenoxy) is 2. The van der Waals surface area contributed by atoms with Gasteiger partial charge in [-0.05, 0) is 51.1 Å². The summed E-state index contributed by atoms with van der Waals surface area (Å²) in [4.78, 5) is 54.9. The van der Waals surface area contributed by atoms with Crippen LogP contribution in [0.25, 0.3) is 0 Å². The molecule has 12 heteroatoms. The Labute approximate surface area is 207 Å². The molecule has 2 aliphatic rings. The quantitative estimate of drug-likeness (QED) is 0.357. The van der Waals surface area contributed by atoms with Crippen molar-refractivity contribution in [2.45, 2.75) is 52.4 Å². The summed E-state index contributed by atoms with van der Waals surface area (Å²) in [7, 11) is 1.80. The molecule has 0 bridgehead atoms. The van der Waals surface area contributed by atoms with Crippen molar-refractivity contribution < 1.29 is 28.7 Å². The minimum Gasteiger partial charge on any atom is -0.450 e. The van der Waals surface area contributed by atoms with Gasteiger partial charge in [-0.3, -0.25) is 9.80 Å². The van der Waals surface area contributed by atoms with Crippen LogP contribution < -0.4 is 16.0 Å². The van der Waals surface area contributed by atoms with E-state index in [-0.39, 0.29) is 26.2 Å². The number of alkyl carbamates (subject to hydrolysis) is 2. The number of imide groups is 1. The van der Waals surface area contributed by atoms with Gasteiger partial charge in [0.05, 0.1) is 13.2 Å². The largest absolute Gasteiger partial charge is 0.450 e. The summed E-state index contributed by atoms with van der Waals surface area (Å²) in [5, 5.41) is 8.31. The first-order valence-corrected chi connectivity index (χ1v) is 12.5. The molecular formula is C23H40N6O6. The summed E-state index contributed by atoms with van der Waals surface area (Å²) in [5.74, 6) is 0.614. The van der Waals surface area contributed by atoms with Crippen LogP contribution in [0.5, 0.6) is 0 Å². The molecule has 3 N–H and O–H groups in total. The lowest BCUT2D eigenvalue weighted by Gasteiger charge is -2.44. The summed E-state index contributed by atoms with van der Waals surface area (Å²) in [6.45, 7) is 5.76. The maximum atomic E-state index is 13.5. The lowest BCUT2D eigenvalue weighted by Crippen LogP contribution is -2.62. The Balaban J connectivity index is 2.19. The van der Waals surface area contributed by atoms with E-state index in [9.17, 15) is 19.2 Å². The van der Waals surface area contributed by atoms with Gasteiger partial charge in [0.1, 0.15) is 5.82 Å². The first kappa shape index (κ1) is 28.2. The van der Waals surface area contributed by atoms with Gasteiger partial charge in [0.2, 0.25) is 0 Å². The smallest absolute Gasteiger partial charge is 0.407 e. The Morgan fingerprint density at radius 3 is 1.69 bits per heavy atom. The van der Waals surface area contributed by atoms with Gasteiger partial charge >= 0.3 is 24.2 Å². The van der Waals surface area contributed by atoms with E-state index in [0.717, 1.165) is 36.2 Å². The van der Waals surface area contributed by atoms with Gasteiger partial charge in [0.25, 0.3) is 0 Å². The number of likely N-dealkylation sites (N-methyl/N-ethyl adjacent to an activating group) is 1. The summed E-state index contributed by atoms with van der Waals surface area (Å²) in [5.41, 5.74) is 1.07. The molecule has 0 atom stereocenters. The highest BCUT2D eigenvalue weighted by molar-refractivity contribution is 5.98. The SMILES string of the molecule is CCCOC(=O)NCCN1C(=O)N(CCNC)C(=C2CCCC2)N(CCNC(=O)OCCC)C1=O. The molecule has 6 amide bonds. The van der Waals surface area contributed by atoms with Crippen molar-refractivity contribution in [1.29, 1.82) is 0 Å². The molecule has 0 aromatic heterocycles. The Kier molecular flexibility index (Phi) is 12.2. The van der Waals surface area contributed by atoms with E-state index in [4.69, 9.17) is 9.47 Å². The van der Waals surface area contributed by atoms with Crippen molar-refractivity contribution in [2.24, 2.45) is 0 Å². The van der Waals surface area contributed by atoms with Crippen LogP contribution >= 0.6 is 0 Å². The molecule has 0 unspecified atom stereocenters. The van der Waals surface area contributed by atoms with Crippen LogP contribution in [0.15, 0.2) is 11.4 Å². The van der Waals surface area contributed by atoms with E-state index >= 15 is 0 Å². The Hall–Kier alpha value is -3.02. The number of nitrogens with zero attached hydrogens (tertiary/aromatic N) is 3. The van der Waals surface area contributed by atoms with Gasteiger partial charge in [-0.25, -0.2) is 24.1 Å². The van der Waals surface area contributed by atoms with Gasteiger partial charge in [-0.15, -0.1) is 0 Å². The third-order valence-electron chi connectivity index (χ3n) is 5.63. The van der Waals surface area contributed by atoms with E-state index in [1.807, 2.05) is 13.8 Å². The molecule has 0 radical (unpaired) electrons. The van der Waals surface area contributed by atoms with Crippen molar-refractivity contribution >= 4 is 24.2 Å². The maximum Gasteiger partial charge on any atom is 0.407 e. The van der Waals surface area contributed by atoms with Crippen LogP contribution in [0, 0.1) is 0 Å². The highest BCUT2D eigenvalue weighted by Crippen LogP contribution is 2.33. The number of amides is 6. The van der Waals surface area contributed by atoms with E-state index in [1.165, 1.54) is 0 Å². The van der Waals surface area contributed by atoms with E-state index in [0.29, 0.717) is 45.0 Å². The predicted molar refractivity (Wildman–Crippen MR) is 130 cm³/mol. The van der Waals surface area contributed by atoms with Crippen LogP contribution in [-0.4, -0.2) is 98.5 Å². The monoisotopic (exact) mass is 496 g/mol. The lowest BCUT2D eigenvalue weighted by atomic mass is 10.2. The van der Waals surface area contributed by atoms with E-state index < -0.39 is 24.2 Å². The van der Waals surface area contributed by atoms with Crippen LogP contribution in [0.3, 0.4) is 0 Å². The van der Waals surface area contributed by atoms with Gasteiger partial charge in [-0.2, -0.15) is 0 Å². The topological polar surface area (TPSA) is 133 Å². The fourth-order valence-electron chi connectivity index (χ4n) is 3.96. The van der Waals surface area contributed by atoms with Gasteiger partial charge in [-0.1, -0.05) is 13.8 Å². The molecule has 2 rings (SSSR count). The standard InChI is InChI=1S/C23H40N6O6/c1-4-16-34-20(30)25-11-14-28-19(18-8-6-7-9-18)27(13-10-24-3)22(32)29(23(28)33)15-12-26-21(31)35-17-5-2/h24H,4-17H2,1-3H3,(H,25,30)(H,26,31). The van der Waals surface area contributed by atoms with Crippen LogP contribution in [0.2, 0.25) is 0 Å². The number of urea groups is 2. The second-order valence-electron chi connectivity index (χ2n) is 8.38. The summed E-state index contributed by atoms with van der Waals surface area (Å²) in [6, 6.07) is -0.896. The molecule has 1 saturated carbocycles. The van der Waals surface area contributed by atoms with Crippen molar-refractivity contribution in [2.75, 3.05) is 59.5 Å². The highest BCUT2D eigenvalue weighted by atomic mass is 16.6. The average Bonchev–Trinajstić information content (AvgIpc) is 3.38. The molecular weight excluding hydrogens is 456 g/mol. The normalized spacial score (nSPS) is 16.1. The molecule has 0 spiro atoms. The first-order valence-electron chi connectivity index (χ1n) is 12.5. The first-order chi connectivity index (χ1) is 16.9. The van der Waals surface area contributed by atoms with Gasteiger partial charge < -0.3 is 25.4 Å². The Bertz CT molecular complexity index is 766. The third-order valence-corrected chi connectivity index (χ3v) is 5.63. The van der Waals surface area contributed by atoms with Gasteiger partial charge in [0, 0.05) is 39.3 Å². The minimum atomic E-state index is -0.587. The summed E-state index contributed by atoms with van der Waals surface area (Å²) >= 11 is 0. The van der Waals surface area contributed by atoms with E-state index in [2.05, 4.69) is 16.0 Å². The third kappa shape index (κ3) is 8.30. The minimum absolute atomic E-state index is 0.0000286. The zero-order valence-electron chi connectivity index (χ0n) is 21.2. The number of allylic oxidation sites excluding steroid dienone is 1. The van der Waals surface area contributed by atoms with Crippen molar-refractivity contribution in [3.63, 3.8) is 0 Å². The number of carbonyl (C=O) groups is 4. The second-order valence-corrected chi connectivity index (χ2v) is 8.38. The molecule has 12 nitrogen and oxygen atoms in total. The molecule has 1 heterocycles. The molecule has 1 aliphatic heterocycles. The molecule has 35 heavy (non-hydrogen) atoms. The predicted octanol–water partition coefficient (Wildman–Crippen LogP) is 2.42. The molecule has 1 saturated heterocycles. The maximum absolute atomic E-state index is 13.5. The summed E-state index contributed by atoms with van der Waals surface area (Å²) < 4.78 is 10.0. The zero-order chi connectivity index (χ0) is 25.6. The Morgan fingerprint density at radius 2 is 1.23 bits per heavy atom. The summed E-state index contributed by atoms with van der Waals surface area (Å²) in [6.07, 6.45) is 3.93. The zero-order valence-corrected chi connectivity index (χ0v) is 21.2. The molecule has 198 valence electrons. The number of carbonyl (C=O) groups excluding carboxylic acids is 4. The number of nitrogens with one attached hydrogen (secondary N) is 3. The molecule has 0 aromatic carbocycles. The van der Waals surface area contributed by atoms with Crippen molar-refractivity contribution in [3.8, 4) is 0 Å². The molecule has 2 fully saturated rings. The highest BCUT2D eigenvalue weighted by Gasteiger charge is 2.42. The second kappa shape index (κ2) is 15.1. The Morgan fingerprint density at radius 1 is 0.771 bits per heavy atom. The van der Waals surface area contributed by atoms with Crippen LogP contribution in [-0.2, 0) is 9.47 Å². The fraction of sp³-hybridized carbons (Fsp3) is 0.739. The average molecular weight is 497 g/mol. The van der Waals surface area contributed by atoms with Crippen LogP contribution in [0.4, 0.5) is 19.2 Å². The van der Waals surface area contributed by atoms with Crippen molar-refractivity contribution in [3.05, 3.63) is 11.4 Å². The molecule has 0 aromatic rings. The van der Waals surface area contributed by atoms with Gasteiger partial charge in [0.15, 0.2) is 0 Å².